The van der Waals surface area contributed by atoms with Crippen molar-refractivity contribution < 1.29 is 9.59 Å². The molecular weight excluding hydrogens is 324 g/mol. The van der Waals surface area contributed by atoms with Crippen LogP contribution in [0.4, 0.5) is 0 Å². The van der Waals surface area contributed by atoms with Crippen LogP contribution in [0.25, 0.3) is 11.1 Å². The highest BCUT2D eigenvalue weighted by molar-refractivity contribution is 5.83. The summed E-state index contributed by atoms with van der Waals surface area (Å²) in [7, 11) is 0. The van der Waals surface area contributed by atoms with Crippen molar-refractivity contribution in [2.24, 2.45) is 5.92 Å². The van der Waals surface area contributed by atoms with Gasteiger partial charge in [-0.15, -0.1) is 0 Å². The predicted molar refractivity (Wildman–Crippen MR) is 101 cm³/mol. The van der Waals surface area contributed by atoms with Gasteiger partial charge in [0.05, 0.1) is 12.3 Å². The fraction of sp³-hybridized carbons (Fsp3) is 0.364. The van der Waals surface area contributed by atoms with Crippen molar-refractivity contribution >= 4 is 11.8 Å². The molecule has 2 fully saturated rings. The molecule has 4 nitrogen and oxygen atoms in total. The van der Waals surface area contributed by atoms with E-state index in [0.717, 1.165) is 30.4 Å². The van der Waals surface area contributed by atoms with E-state index in [1.54, 1.807) is 0 Å². The van der Waals surface area contributed by atoms with Crippen LogP contribution in [-0.2, 0) is 16.0 Å². The topological polar surface area (TPSA) is 49.4 Å². The lowest BCUT2D eigenvalue weighted by Crippen LogP contribution is -2.42. The van der Waals surface area contributed by atoms with Gasteiger partial charge in [-0.25, -0.2) is 0 Å². The molecule has 0 unspecified atom stereocenters. The zero-order chi connectivity index (χ0) is 17.9. The van der Waals surface area contributed by atoms with Gasteiger partial charge in [0.1, 0.15) is 0 Å². The first-order valence-corrected chi connectivity index (χ1v) is 9.41. The van der Waals surface area contributed by atoms with Crippen LogP contribution in [0.1, 0.15) is 24.8 Å². The van der Waals surface area contributed by atoms with E-state index in [-0.39, 0.29) is 23.8 Å². The highest BCUT2D eigenvalue weighted by Crippen LogP contribution is 2.23. The Labute approximate surface area is 154 Å². The summed E-state index contributed by atoms with van der Waals surface area (Å²) in [6, 6.07) is 18.5. The van der Waals surface area contributed by atoms with E-state index in [2.05, 4.69) is 29.6 Å². The molecule has 1 N–H and O–H groups in total. The number of fused-ring (bicyclic) bond motifs is 3. The molecule has 0 aromatic heterocycles. The Hall–Kier alpha value is -2.62. The van der Waals surface area contributed by atoms with Crippen LogP contribution in [0.5, 0.6) is 0 Å². The molecule has 0 spiro atoms. The maximum Gasteiger partial charge on any atom is 0.227 e. The summed E-state index contributed by atoms with van der Waals surface area (Å²) in [5.74, 6) is 0.188. The van der Waals surface area contributed by atoms with Crippen LogP contribution in [0.2, 0.25) is 0 Å². The third-order valence-corrected chi connectivity index (χ3v) is 5.47. The molecule has 26 heavy (non-hydrogen) atoms. The molecule has 134 valence electrons. The molecule has 4 rings (SSSR count). The van der Waals surface area contributed by atoms with Crippen LogP contribution in [-0.4, -0.2) is 35.8 Å². The van der Waals surface area contributed by atoms with Crippen LogP contribution in [0.15, 0.2) is 54.6 Å². The molecule has 0 saturated carbocycles. The number of amides is 2. The van der Waals surface area contributed by atoms with E-state index < -0.39 is 0 Å². The minimum Gasteiger partial charge on any atom is -0.351 e. The fourth-order valence-corrected chi connectivity index (χ4v) is 3.99. The fourth-order valence-electron chi connectivity index (χ4n) is 3.99. The number of nitrogens with one attached hydrogen (secondary N) is 1. The van der Waals surface area contributed by atoms with E-state index in [1.807, 2.05) is 35.2 Å². The van der Waals surface area contributed by atoms with E-state index in [0.29, 0.717) is 19.5 Å². The van der Waals surface area contributed by atoms with Crippen molar-refractivity contribution in [3.05, 3.63) is 60.2 Å². The first kappa shape index (κ1) is 16.8. The number of nitrogens with zero attached hydrogens (tertiary/aromatic N) is 1. The van der Waals surface area contributed by atoms with Crippen molar-refractivity contribution in [3.63, 3.8) is 0 Å². The van der Waals surface area contributed by atoms with E-state index in [4.69, 9.17) is 0 Å². The number of hydrogen-bond donors (Lipinski definition) is 1. The molecule has 2 aliphatic heterocycles. The third-order valence-electron chi connectivity index (χ3n) is 5.47. The molecule has 2 saturated heterocycles. The summed E-state index contributed by atoms with van der Waals surface area (Å²) in [6.45, 7) is 1.20. The second kappa shape index (κ2) is 7.32. The zero-order valence-corrected chi connectivity index (χ0v) is 14.9. The Bertz CT molecular complexity index is 786. The van der Waals surface area contributed by atoms with Gasteiger partial charge >= 0.3 is 0 Å². The molecule has 2 aromatic rings. The summed E-state index contributed by atoms with van der Waals surface area (Å²) >= 11 is 0. The average Bonchev–Trinajstić information content (AvgIpc) is 2.91. The number of carbonyl (C=O) groups is 2. The first-order valence-electron chi connectivity index (χ1n) is 9.41. The van der Waals surface area contributed by atoms with Gasteiger partial charge in [-0.3, -0.25) is 9.59 Å². The van der Waals surface area contributed by atoms with Crippen LogP contribution < -0.4 is 5.32 Å². The van der Waals surface area contributed by atoms with Gasteiger partial charge in [-0.1, -0.05) is 61.0 Å². The third kappa shape index (κ3) is 3.64. The van der Waals surface area contributed by atoms with Gasteiger partial charge < -0.3 is 10.2 Å². The molecular formula is C22H24N2O2. The summed E-state index contributed by atoms with van der Waals surface area (Å²) < 4.78 is 0. The summed E-state index contributed by atoms with van der Waals surface area (Å²) in [5.41, 5.74) is 3.35. The minimum absolute atomic E-state index is 0.0492. The molecule has 4 heteroatoms. The lowest BCUT2D eigenvalue weighted by atomic mass is 9.98. The van der Waals surface area contributed by atoms with Crippen molar-refractivity contribution in [1.82, 2.24) is 10.2 Å². The Morgan fingerprint density at radius 2 is 1.69 bits per heavy atom. The van der Waals surface area contributed by atoms with Gasteiger partial charge in [0.15, 0.2) is 0 Å². The van der Waals surface area contributed by atoms with Crippen molar-refractivity contribution in [3.8, 4) is 11.1 Å². The normalized spacial score (nSPS) is 22.5. The minimum atomic E-state index is -0.0492. The SMILES string of the molecule is O=C1N[C@@H]2CCC[C@H]1CN(C(=O)Cc1ccc(-c3ccccc3)cc1)C2. The predicted octanol–water partition coefficient (Wildman–Crippen LogP) is 3.02. The maximum atomic E-state index is 12.8. The van der Waals surface area contributed by atoms with Gasteiger partial charge in [0, 0.05) is 19.1 Å². The number of rotatable bonds is 3. The van der Waals surface area contributed by atoms with Gasteiger partial charge in [0.25, 0.3) is 0 Å². The summed E-state index contributed by atoms with van der Waals surface area (Å²) in [4.78, 5) is 26.8. The van der Waals surface area contributed by atoms with Crippen molar-refractivity contribution in [2.45, 2.75) is 31.7 Å². The Morgan fingerprint density at radius 3 is 2.46 bits per heavy atom. The standard InChI is InChI=1S/C22H24N2O2/c25-21(24-14-19-7-4-8-20(15-24)23-22(19)26)13-16-9-11-18(12-10-16)17-5-2-1-3-6-17/h1-3,5-6,9-12,19-20H,4,7-8,13-15H2,(H,23,26)/t19-,20+/m0/s1. The molecule has 2 aliphatic rings. The summed E-state index contributed by atoms with van der Waals surface area (Å²) in [6.07, 6.45) is 3.31. The van der Waals surface area contributed by atoms with E-state index in [1.165, 1.54) is 5.56 Å². The van der Waals surface area contributed by atoms with Gasteiger partial charge in [-0.2, -0.15) is 0 Å². The number of carbonyl (C=O) groups excluding carboxylic acids is 2. The van der Waals surface area contributed by atoms with Gasteiger partial charge in [-0.05, 0) is 29.5 Å². The number of benzene rings is 2. The largest absolute Gasteiger partial charge is 0.351 e. The van der Waals surface area contributed by atoms with Crippen LogP contribution >= 0.6 is 0 Å². The molecule has 2 aromatic carbocycles. The summed E-state index contributed by atoms with van der Waals surface area (Å²) in [5, 5.41) is 3.08. The second-order valence-electron chi connectivity index (χ2n) is 7.37. The number of hydrogen-bond acceptors (Lipinski definition) is 2. The lowest BCUT2D eigenvalue weighted by molar-refractivity contribution is -0.131. The quantitative estimate of drug-likeness (QED) is 0.927. The average molecular weight is 348 g/mol. The molecule has 0 radical (unpaired) electrons. The van der Waals surface area contributed by atoms with E-state index in [9.17, 15) is 9.59 Å². The smallest absolute Gasteiger partial charge is 0.227 e. The molecule has 0 aliphatic carbocycles. The van der Waals surface area contributed by atoms with Crippen LogP contribution in [0, 0.1) is 5.92 Å². The monoisotopic (exact) mass is 348 g/mol. The molecule has 2 heterocycles. The van der Waals surface area contributed by atoms with Gasteiger partial charge in [0.2, 0.25) is 11.8 Å². The van der Waals surface area contributed by atoms with Crippen molar-refractivity contribution in [2.75, 3.05) is 13.1 Å². The molecule has 2 amide bonds. The highest BCUT2D eigenvalue weighted by Gasteiger charge is 2.34. The lowest BCUT2D eigenvalue weighted by Gasteiger charge is -2.27. The first-order chi connectivity index (χ1) is 12.7. The van der Waals surface area contributed by atoms with Crippen molar-refractivity contribution in [1.29, 1.82) is 0 Å². The molecule has 2 bridgehead atoms. The second-order valence-corrected chi connectivity index (χ2v) is 7.37. The molecule has 2 atom stereocenters. The Kier molecular flexibility index (Phi) is 4.74. The highest BCUT2D eigenvalue weighted by atomic mass is 16.2. The Morgan fingerprint density at radius 1 is 0.962 bits per heavy atom. The van der Waals surface area contributed by atoms with E-state index >= 15 is 0 Å². The Balaban J connectivity index is 1.44. The number of likely N-dealkylation sites (tertiary alicyclic amines) is 1. The maximum absolute atomic E-state index is 12.8. The van der Waals surface area contributed by atoms with Crippen LogP contribution in [0.3, 0.4) is 0 Å². The zero-order valence-electron chi connectivity index (χ0n) is 14.9.